The number of rotatable bonds is 7. The first-order chi connectivity index (χ1) is 9.92. The lowest BCUT2D eigenvalue weighted by Gasteiger charge is -2.14. The lowest BCUT2D eigenvalue weighted by molar-refractivity contribution is -0.140. The van der Waals surface area contributed by atoms with Crippen LogP contribution in [0.4, 0.5) is 0 Å². The average Bonchev–Trinajstić information content (AvgIpc) is 3.18. The van der Waals surface area contributed by atoms with Crippen LogP contribution in [0.1, 0.15) is 49.7 Å². The molecule has 1 amide bonds. The van der Waals surface area contributed by atoms with Crippen molar-refractivity contribution >= 4 is 18.1 Å². The Kier molecular flexibility index (Phi) is 4.45. The van der Waals surface area contributed by atoms with Gasteiger partial charge < -0.3 is 9.52 Å². The topological polar surface area (TPSA) is 83.1 Å². The fourth-order valence-electron chi connectivity index (χ4n) is 2.13. The molecule has 0 bridgehead atoms. The molecule has 1 saturated carbocycles. The quantitative estimate of drug-likeness (QED) is 0.475. The molecule has 0 saturated heterocycles. The zero-order valence-electron chi connectivity index (χ0n) is 12.5. The number of amides is 1. The third-order valence-corrected chi connectivity index (χ3v) is 3.35. The van der Waals surface area contributed by atoms with Crippen molar-refractivity contribution in [3.05, 3.63) is 23.2 Å². The van der Waals surface area contributed by atoms with Gasteiger partial charge in [0.25, 0.3) is 0 Å². The van der Waals surface area contributed by atoms with Crippen LogP contribution in [-0.2, 0) is 9.59 Å². The van der Waals surface area contributed by atoms with E-state index in [2.05, 4.69) is 5.10 Å². The monoisotopic (exact) mass is 292 g/mol. The molecule has 6 nitrogen and oxygen atoms in total. The van der Waals surface area contributed by atoms with Gasteiger partial charge in [-0.25, -0.2) is 5.01 Å². The summed E-state index contributed by atoms with van der Waals surface area (Å²) < 4.78 is 5.89. The van der Waals surface area contributed by atoms with Gasteiger partial charge in [-0.05, 0) is 31.4 Å². The lowest BCUT2D eigenvalue weighted by atomic mass is 10.0. The molecule has 0 atom stereocenters. The molecule has 0 spiro atoms. The van der Waals surface area contributed by atoms with Gasteiger partial charge in [0.2, 0.25) is 6.41 Å². The Hall–Kier alpha value is -2.11. The number of carbonyl (C=O) groups is 2. The molecule has 0 radical (unpaired) electrons. The van der Waals surface area contributed by atoms with Crippen molar-refractivity contribution in [3.63, 3.8) is 0 Å². The minimum absolute atomic E-state index is 0.0122. The van der Waals surface area contributed by atoms with Gasteiger partial charge in [0.1, 0.15) is 18.0 Å². The van der Waals surface area contributed by atoms with Gasteiger partial charge in [-0.1, -0.05) is 13.8 Å². The molecule has 1 aromatic rings. The molecule has 114 valence electrons. The summed E-state index contributed by atoms with van der Waals surface area (Å²) in [4.78, 5) is 21.7. The van der Waals surface area contributed by atoms with E-state index in [1.54, 1.807) is 0 Å². The Labute approximate surface area is 123 Å². The third-order valence-electron chi connectivity index (χ3n) is 3.35. The van der Waals surface area contributed by atoms with Crippen molar-refractivity contribution in [1.82, 2.24) is 5.01 Å². The second kappa shape index (κ2) is 6.11. The zero-order valence-corrected chi connectivity index (χ0v) is 12.5. The highest BCUT2D eigenvalue weighted by molar-refractivity contribution is 6.01. The molecule has 0 aromatic carbocycles. The smallest absolute Gasteiger partial charge is 0.325 e. The van der Waals surface area contributed by atoms with Crippen molar-refractivity contribution in [2.45, 2.75) is 39.5 Å². The molecule has 1 aliphatic carbocycles. The summed E-state index contributed by atoms with van der Waals surface area (Å²) in [6.45, 7) is 5.34. The molecule has 21 heavy (non-hydrogen) atoms. The first kappa shape index (κ1) is 15.3. The molecular weight excluding hydrogens is 272 g/mol. The predicted molar refractivity (Wildman–Crippen MR) is 77.2 cm³/mol. The van der Waals surface area contributed by atoms with Crippen LogP contribution < -0.4 is 0 Å². The van der Waals surface area contributed by atoms with Gasteiger partial charge in [-0.2, -0.15) is 5.10 Å². The van der Waals surface area contributed by atoms with E-state index in [4.69, 9.17) is 9.52 Å². The molecular formula is C15H20N2O4. The van der Waals surface area contributed by atoms with Crippen molar-refractivity contribution in [2.24, 2.45) is 11.0 Å². The second-order valence-electron chi connectivity index (χ2n) is 5.67. The van der Waals surface area contributed by atoms with Gasteiger partial charge in [0, 0.05) is 11.8 Å². The third kappa shape index (κ3) is 3.71. The van der Waals surface area contributed by atoms with E-state index in [0.29, 0.717) is 23.8 Å². The van der Waals surface area contributed by atoms with Crippen molar-refractivity contribution in [2.75, 3.05) is 6.54 Å². The molecule has 0 unspecified atom stereocenters. The summed E-state index contributed by atoms with van der Waals surface area (Å²) in [5.74, 6) is 0.991. The Bertz CT molecular complexity index is 570. The van der Waals surface area contributed by atoms with Crippen molar-refractivity contribution in [1.29, 1.82) is 0 Å². The highest BCUT2D eigenvalue weighted by Crippen LogP contribution is 2.41. The number of carboxylic acids is 1. The number of nitrogens with zero attached hydrogens (tertiary/aromatic N) is 2. The maximum atomic E-state index is 11.0. The summed E-state index contributed by atoms with van der Waals surface area (Å²) in [6, 6.07) is 2.01. The number of hydrogen-bond acceptors (Lipinski definition) is 4. The van der Waals surface area contributed by atoms with Crippen LogP contribution in [0.2, 0.25) is 0 Å². The fraction of sp³-hybridized carbons (Fsp3) is 0.533. The molecule has 1 aromatic heterocycles. The Balaban J connectivity index is 2.33. The number of aryl methyl sites for hydroxylation is 1. The Morgan fingerprint density at radius 2 is 2.24 bits per heavy atom. The van der Waals surface area contributed by atoms with Crippen LogP contribution in [0, 0.1) is 12.8 Å². The second-order valence-corrected chi connectivity index (χ2v) is 5.67. The summed E-state index contributed by atoms with van der Waals surface area (Å²) in [7, 11) is 0. The van der Waals surface area contributed by atoms with Crippen LogP contribution in [0.25, 0.3) is 0 Å². The standard InChI is InChI=1S/C15H20N2O4/c1-9(2)14(16-17(8-18)7-13(19)20)15-10(3)6-12(21-15)11-4-5-11/h6,8-9,11H,4-5,7H2,1-3H3,(H,19,20)/b16-14-. The van der Waals surface area contributed by atoms with Crippen LogP contribution in [0.15, 0.2) is 15.6 Å². The molecule has 6 heteroatoms. The predicted octanol–water partition coefficient (Wildman–Crippen LogP) is 2.37. The number of carboxylic acid groups (broad SMARTS) is 1. The summed E-state index contributed by atoms with van der Waals surface area (Å²) >= 11 is 0. The number of furan rings is 1. The number of hydrazone groups is 1. The van der Waals surface area contributed by atoms with E-state index in [9.17, 15) is 9.59 Å². The van der Waals surface area contributed by atoms with Gasteiger partial charge in [-0.15, -0.1) is 0 Å². The number of hydrogen-bond donors (Lipinski definition) is 1. The normalized spacial score (nSPS) is 15.3. The largest absolute Gasteiger partial charge is 0.480 e. The first-order valence-electron chi connectivity index (χ1n) is 7.05. The van der Waals surface area contributed by atoms with Gasteiger partial charge in [0.05, 0.1) is 0 Å². The Morgan fingerprint density at radius 1 is 1.57 bits per heavy atom. The maximum Gasteiger partial charge on any atom is 0.325 e. The van der Waals surface area contributed by atoms with Crippen LogP contribution >= 0.6 is 0 Å². The molecule has 0 aliphatic heterocycles. The van der Waals surface area contributed by atoms with Crippen molar-refractivity contribution in [3.8, 4) is 0 Å². The number of carbonyl (C=O) groups excluding carboxylic acids is 1. The van der Waals surface area contributed by atoms with Gasteiger partial charge in [0.15, 0.2) is 5.76 Å². The van der Waals surface area contributed by atoms with E-state index in [1.807, 2.05) is 26.8 Å². The molecule has 1 N–H and O–H groups in total. The minimum atomic E-state index is -1.11. The van der Waals surface area contributed by atoms with Crippen LogP contribution in [-0.4, -0.2) is 34.8 Å². The zero-order chi connectivity index (χ0) is 15.6. The van der Waals surface area contributed by atoms with E-state index in [-0.39, 0.29) is 5.92 Å². The molecule has 1 heterocycles. The maximum absolute atomic E-state index is 11.0. The SMILES string of the molecule is Cc1cc(C2CC2)oc1/C(=N\N(C=O)CC(=O)O)C(C)C. The molecule has 2 rings (SSSR count). The summed E-state index contributed by atoms with van der Waals surface area (Å²) in [5.41, 5.74) is 1.55. The average molecular weight is 292 g/mol. The summed E-state index contributed by atoms with van der Waals surface area (Å²) in [6.07, 6.45) is 2.69. The van der Waals surface area contributed by atoms with E-state index in [1.165, 1.54) is 0 Å². The van der Waals surface area contributed by atoms with Crippen LogP contribution in [0.3, 0.4) is 0 Å². The minimum Gasteiger partial charge on any atom is -0.480 e. The fourth-order valence-corrected chi connectivity index (χ4v) is 2.13. The number of aliphatic carboxylic acids is 1. The molecule has 1 aliphatic rings. The van der Waals surface area contributed by atoms with Gasteiger partial charge in [-0.3, -0.25) is 9.59 Å². The van der Waals surface area contributed by atoms with Gasteiger partial charge >= 0.3 is 5.97 Å². The van der Waals surface area contributed by atoms with Crippen LogP contribution in [0.5, 0.6) is 0 Å². The summed E-state index contributed by atoms with van der Waals surface area (Å²) in [5, 5.41) is 13.8. The van der Waals surface area contributed by atoms with E-state index < -0.39 is 12.5 Å². The highest BCUT2D eigenvalue weighted by Gasteiger charge is 2.29. The highest BCUT2D eigenvalue weighted by atomic mass is 16.4. The van der Waals surface area contributed by atoms with E-state index in [0.717, 1.165) is 29.2 Å². The first-order valence-corrected chi connectivity index (χ1v) is 7.05. The molecule has 1 fully saturated rings. The Morgan fingerprint density at radius 3 is 2.71 bits per heavy atom. The van der Waals surface area contributed by atoms with Crippen molar-refractivity contribution < 1.29 is 19.1 Å². The van der Waals surface area contributed by atoms with E-state index >= 15 is 0 Å². The lowest BCUT2D eigenvalue weighted by Crippen LogP contribution is -2.26.